The maximum absolute atomic E-state index is 11.4. The van der Waals surface area contributed by atoms with Crippen molar-refractivity contribution >= 4 is 12.0 Å². The molecule has 0 aromatic carbocycles. The molecule has 0 aliphatic heterocycles. The summed E-state index contributed by atoms with van der Waals surface area (Å²) < 4.78 is 5.44. The van der Waals surface area contributed by atoms with Gasteiger partial charge < -0.3 is 20.5 Å². The highest BCUT2D eigenvalue weighted by molar-refractivity contribution is 5.77. The summed E-state index contributed by atoms with van der Waals surface area (Å²) in [5.41, 5.74) is -0.954. The van der Waals surface area contributed by atoms with E-state index < -0.39 is 11.4 Å². The van der Waals surface area contributed by atoms with E-state index in [1.54, 1.807) is 13.8 Å². The quantitative estimate of drug-likeness (QED) is 0.551. The van der Waals surface area contributed by atoms with Crippen molar-refractivity contribution < 1.29 is 19.4 Å². The monoisotopic (exact) mass is 272 g/mol. The van der Waals surface area contributed by atoms with Crippen molar-refractivity contribution in [3.63, 3.8) is 0 Å². The van der Waals surface area contributed by atoms with Crippen molar-refractivity contribution in [2.75, 3.05) is 26.3 Å². The van der Waals surface area contributed by atoms with Crippen LogP contribution >= 0.6 is 0 Å². The van der Waals surface area contributed by atoms with Crippen LogP contribution in [-0.2, 0) is 9.53 Å². The van der Waals surface area contributed by atoms with Gasteiger partial charge in [0.05, 0.1) is 5.41 Å². The lowest BCUT2D eigenvalue weighted by Crippen LogP contribution is -2.43. The highest BCUT2D eigenvalue weighted by atomic mass is 16.5. The van der Waals surface area contributed by atoms with Gasteiger partial charge in [0.25, 0.3) is 0 Å². The first kappa shape index (κ1) is 15.8. The highest BCUT2D eigenvalue weighted by Crippen LogP contribution is 2.28. The molecule has 6 nitrogen and oxygen atoms in total. The van der Waals surface area contributed by atoms with E-state index in [1.807, 2.05) is 0 Å². The topological polar surface area (TPSA) is 87.7 Å². The molecule has 1 fully saturated rings. The Morgan fingerprint density at radius 2 is 2.00 bits per heavy atom. The van der Waals surface area contributed by atoms with Crippen molar-refractivity contribution in [1.29, 1.82) is 0 Å². The number of hydrogen-bond donors (Lipinski definition) is 3. The van der Waals surface area contributed by atoms with Crippen molar-refractivity contribution in [2.45, 2.75) is 33.1 Å². The standard InChI is InChI=1S/C13H24N2O4/c1-13(2,11(16)17)9-15-12(18)14-6-3-7-19-8-10-4-5-10/h10H,3-9H2,1-2H3,(H,16,17)(H2,14,15,18). The van der Waals surface area contributed by atoms with Gasteiger partial charge in [-0.25, -0.2) is 4.79 Å². The zero-order valence-corrected chi connectivity index (χ0v) is 11.7. The third-order valence-corrected chi connectivity index (χ3v) is 3.07. The maximum atomic E-state index is 11.4. The molecule has 0 bridgehead atoms. The van der Waals surface area contributed by atoms with E-state index in [0.29, 0.717) is 13.2 Å². The summed E-state index contributed by atoms with van der Waals surface area (Å²) in [6.07, 6.45) is 3.32. The summed E-state index contributed by atoms with van der Waals surface area (Å²) in [5, 5.41) is 14.1. The zero-order chi connectivity index (χ0) is 14.3. The van der Waals surface area contributed by atoms with Crippen molar-refractivity contribution in [3.8, 4) is 0 Å². The number of amides is 2. The van der Waals surface area contributed by atoms with Crippen LogP contribution in [0.2, 0.25) is 0 Å². The number of hydrogen-bond acceptors (Lipinski definition) is 3. The Morgan fingerprint density at radius 1 is 1.32 bits per heavy atom. The second-order valence-corrected chi connectivity index (χ2v) is 5.67. The Kier molecular flexibility index (Phi) is 6.08. The molecule has 19 heavy (non-hydrogen) atoms. The first-order valence-corrected chi connectivity index (χ1v) is 6.74. The average Bonchev–Trinajstić information content (AvgIpc) is 3.15. The largest absolute Gasteiger partial charge is 0.481 e. The van der Waals surface area contributed by atoms with E-state index in [9.17, 15) is 9.59 Å². The number of carbonyl (C=O) groups is 2. The molecule has 0 atom stereocenters. The fourth-order valence-electron chi connectivity index (χ4n) is 1.35. The maximum Gasteiger partial charge on any atom is 0.314 e. The van der Waals surface area contributed by atoms with Crippen LogP contribution in [0.4, 0.5) is 4.79 Å². The van der Waals surface area contributed by atoms with Gasteiger partial charge in [0.2, 0.25) is 0 Å². The zero-order valence-electron chi connectivity index (χ0n) is 11.7. The molecule has 0 spiro atoms. The number of carbonyl (C=O) groups excluding carboxylic acids is 1. The molecule has 0 saturated heterocycles. The van der Waals surface area contributed by atoms with E-state index in [2.05, 4.69) is 10.6 Å². The van der Waals surface area contributed by atoms with Gasteiger partial charge in [-0.05, 0) is 39.0 Å². The fraction of sp³-hybridized carbons (Fsp3) is 0.846. The number of rotatable bonds is 9. The molecule has 1 aliphatic carbocycles. The molecule has 3 N–H and O–H groups in total. The molecule has 0 aromatic heterocycles. The van der Waals surface area contributed by atoms with E-state index in [4.69, 9.17) is 9.84 Å². The molecule has 1 aliphatic rings. The number of ether oxygens (including phenoxy) is 1. The molecular weight excluding hydrogens is 248 g/mol. The predicted octanol–water partition coefficient (Wildman–Crippen LogP) is 1.21. The van der Waals surface area contributed by atoms with Crippen molar-refractivity contribution in [3.05, 3.63) is 0 Å². The Labute approximate surface area is 113 Å². The lowest BCUT2D eigenvalue weighted by Gasteiger charge is -2.19. The Balaban J connectivity index is 1.96. The van der Waals surface area contributed by atoms with Gasteiger partial charge >= 0.3 is 12.0 Å². The minimum atomic E-state index is -0.954. The molecule has 0 unspecified atom stereocenters. The molecule has 0 heterocycles. The van der Waals surface area contributed by atoms with Gasteiger partial charge in [0.15, 0.2) is 0 Å². The Morgan fingerprint density at radius 3 is 2.58 bits per heavy atom. The molecular formula is C13H24N2O4. The summed E-state index contributed by atoms with van der Waals surface area (Å²) in [6, 6.07) is -0.337. The smallest absolute Gasteiger partial charge is 0.314 e. The third-order valence-electron chi connectivity index (χ3n) is 3.07. The number of carboxylic acid groups (broad SMARTS) is 1. The fourth-order valence-corrected chi connectivity index (χ4v) is 1.35. The van der Waals surface area contributed by atoms with Crippen LogP contribution in [0.5, 0.6) is 0 Å². The summed E-state index contributed by atoms with van der Waals surface area (Å²) in [7, 11) is 0. The molecule has 0 aromatic rings. The van der Waals surface area contributed by atoms with Gasteiger partial charge in [-0.2, -0.15) is 0 Å². The number of nitrogens with one attached hydrogen (secondary N) is 2. The molecule has 0 radical (unpaired) electrons. The van der Waals surface area contributed by atoms with Crippen LogP contribution in [0.1, 0.15) is 33.1 Å². The normalized spacial score (nSPS) is 15.1. The lowest BCUT2D eigenvalue weighted by molar-refractivity contribution is -0.146. The second-order valence-electron chi connectivity index (χ2n) is 5.67. The predicted molar refractivity (Wildman–Crippen MR) is 71.0 cm³/mol. The van der Waals surface area contributed by atoms with Crippen molar-refractivity contribution in [1.82, 2.24) is 10.6 Å². The Hall–Kier alpha value is -1.30. The van der Waals surface area contributed by atoms with Gasteiger partial charge in [0, 0.05) is 26.3 Å². The first-order chi connectivity index (χ1) is 8.92. The number of urea groups is 1. The van der Waals surface area contributed by atoms with Gasteiger partial charge in [-0.3, -0.25) is 4.79 Å². The number of carboxylic acids is 1. The van der Waals surface area contributed by atoms with Crippen LogP contribution in [0.15, 0.2) is 0 Å². The van der Waals surface area contributed by atoms with Crippen LogP contribution < -0.4 is 10.6 Å². The summed E-state index contributed by atoms with van der Waals surface area (Å²) in [5.74, 6) is -0.171. The van der Waals surface area contributed by atoms with Crippen LogP contribution in [0, 0.1) is 11.3 Å². The first-order valence-electron chi connectivity index (χ1n) is 6.74. The van der Waals surface area contributed by atoms with Crippen LogP contribution in [-0.4, -0.2) is 43.4 Å². The highest BCUT2D eigenvalue weighted by Gasteiger charge is 2.27. The molecule has 110 valence electrons. The van der Waals surface area contributed by atoms with Crippen LogP contribution in [0.25, 0.3) is 0 Å². The molecule has 6 heteroatoms. The van der Waals surface area contributed by atoms with Crippen molar-refractivity contribution in [2.24, 2.45) is 11.3 Å². The third kappa shape index (κ3) is 7.00. The lowest BCUT2D eigenvalue weighted by atomic mass is 9.94. The van der Waals surface area contributed by atoms with Gasteiger partial charge in [0.1, 0.15) is 0 Å². The second kappa shape index (κ2) is 7.33. The van der Waals surface area contributed by atoms with Gasteiger partial charge in [-0.15, -0.1) is 0 Å². The van der Waals surface area contributed by atoms with Gasteiger partial charge in [-0.1, -0.05) is 0 Å². The molecule has 1 rings (SSSR count). The van der Waals surface area contributed by atoms with E-state index in [-0.39, 0.29) is 12.6 Å². The summed E-state index contributed by atoms with van der Waals surface area (Å²) in [4.78, 5) is 22.2. The van der Waals surface area contributed by atoms with E-state index in [1.165, 1.54) is 12.8 Å². The van der Waals surface area contributed by atoms with E-state index in [0.717, 1.165) is 18.9 Å². The number of aliphatic carboxylic acids is 1. The SMILES string of the molecule is CC(C)(CNC(=O)NCCCOCC1CC1)C(=O)O. The minimum Gasteiger partial charge on any atom is -0.481 e. The molecule has 1 saturated carbocycles. The minimum absolute atomic E-state index is 0.104. The summed E-state index contributed by atoms with van der Waals surface area (Å²) in [6.45, 7) is 5.26. The average molecular weight is 272 g/mol. The van der Waals surface area contributed by atoms with E-state index >= 15 is 0 Å². The summed E-state index contributed by atoms with van der Waals surface area (Å²) >= 11 is 0. The molecule has 2 amide bonds. The van der Waals surface area contributed by atoms with Crippen LogP contribution in [0.3, 0.4) is 0 Å². The Bertz CT molecular complexity index is 314.